The smallest absolute Gasteiger partial charge is 0.332 e. The number of alkyl halides is 3. The standard InChI is InChI=1S/C15H11ClF3N3O2/c16-12-7-9(15(17,18)19)4-5-11(12)13(23)22-14(24)21-8-10-3-1-2-6-20-10/h1-7H,8H2,(H2,21,22,23,24). The van der Waals surface area contributed by atoms with Crippen molar-refractivity contribution in [3.05, 3.63) is 64.4 Å². The second-order valence-corrected chi connectivity index (χ2v) is 5.06. The number of aromatic nitrogens is 1. The molecule has 1 aromatic carbocycles. The quantitative estimate of drug-likeness (QED) is 0.884. The van der Waals surface area contributed by atoms with E-state index in [1.807, 2.05) is 5.32 Å². The molecule has 0 atom stereocenters. The molecular formula is C15H11ClF3N3O2. The fourth-order valence-corrected chi connectivity index (χ4v) is 2.03. The lowest BCUT2D eigenvalue weighted by Crippen LogP contribution is -2.39. The molecule has 9 heteroatoms. The average molecular weight is 358 g/mol. The van der Waals surface area contributed by atoms with E-state index in [9.17, 15) is 22.8 Å². The Kier molecular flexibility index (Phi) is 5.40. The maximum atomic E-state index is 12.5. The third kappa shape index (κ3) is 4.69. The lowest BCUT2D eigenvalue weighted by atomic mass is 10.1. The molecule has 2 rings (SSSR count). The number of nitrogens with zero attached hydrogens (tertiary/aromatic N) is 1. The van der Waals surface area contributed by atoms with Crippen LogP contribution in [0.2, 0.25) is 5.02 Å². The summed E-state index contributed by atoms with van der Waals surface area (Å²) < 4.78 is 37.6. The third-order valence-electron chi connectivity index (χ3n) is 2.92. The second kappa shape index (κ2) is 7.31. The van der Waals surface area contributed by atoms with Crippen molar-refractivity contribution in [3.8, 4) is 0 Å². The Morgan fingerprint density at radius 3 is 2.50 bits per heavy atom. The van der Waals surface area contributed by atoms with Gasteiger partial charge < -0.3 is 5.32 Å². The van der Waals surface area contributed by atoms with E-state index in [0.717, 1.165) is 6.07 Å². The fraction of sp³-hybridized carbons (Fsp3) is 0.133. The van der Waals surface area contributed by atoms with Crippen molar-refractivity contribution in [1.29, 1.82) is 0 Å². The Labute approximate surface area is 139 Å². The summed E-state index contributed by atoms with van der Waals surface area (Å²) in [5.74, 6) is -0.910. The Morgan fingerprint density at radius 1 is 1.17 bits per heavy atom. The van der Waals surface area contributed by atoms with E-state index in [0.29, 0.717) is 17.8 Å². The minimum Gasteiger partial charge on any atom is -0.332 e. The monoisotopic (exact) mass is 357 g/mol. The lowest BCUT2D eigenvalue weighted by Gasteiger charge is -2.10. The first-order valence-corrected chi connectivity index (χ1v) is 7.01. The van der Waals surface area contributed by atoms with E-state index < -0.39 is 28.7 Å². The third-order valence-corrected chi connectivity index (χ3v) is 3.24. The van der Waals surface area contributed by atoms with E-state index in [1.54, 1.807) is 24.4 Å². The second-order valence-electron chi connectivity index (χ2n) is 4.65. The number of pyridine rings is 1. The fourth-order valence-electron chi connectivity index (χ4n) is 1.76. The molecule has 126 valence electrons. The van der Waals surface area contributed by atoms with Gasteiger partial charge in [-0.15, -0.1) is 0 Å². The van der Waals surface area contributed by atoms with Gasteiger partial charge in [0.25, 0.3) is 5.91 Å². The van der Waals surface area contributed by atoms with Crippen LogP contribution in [-0.4, -0.2) is 16.9 Å². The number of carbonyl (C=O) groups is 2. The highest BCUT2D eigenvalue weighted by Crippen LogP contribution is 2.32. The van der Waals surface area contributed by atoms with E-state index in [4.69, 9.17) is 11.6 Å². The molecule has 24 heavy (non-hydrogen) atoms. The van der Waals surface area contributed by atoms with Crippen LogP contribution in [0.5, 0.6) is 0 Å². The minimum absolute atomic E-state index is 0.0840. The van der Waals surface area contributed by atoms with Crippen LogP contribution in [0, 0.1) is 0 Å². The minimum atomic E-state index is -4.57. The number of hydrogen-bond acceptors (Lipinski definition) is 3. The number of nitrogens with one attached hydrogen (secondary N) is 2. The van der Waals surface area contributed by atoms with E-state index in [-0.39, 0.29) is 12.1 Å². The SMILES string of the molecule is O=C(NCc1ccccn1)NC(=O)c1ccc(C(F)(F)F)cc1Cl. The van der Waals surface area contributed by atoms with Gasteiger partial charge in [0.2, 0.25) is 0 Å². The summed E-state index contributed by atoms with van der Waals surface area (Å²) in [4.78, 5) is 27.5. The van der Waals surface area contributed by atoms with Crippen molar-refractivity contribution >= 4 is 23.5 Å². The van der Waals surface area contributed by atoms with E-state index in [1.165, 1.54) is 0 Å². The lowest BCUT2D eigenvalue weighted by molar-refractivity contribution is -0.137. The van der Waals surface area contributed by atoms with Crippen LogP contribution in [0.4, 0.5) is 18.0 Å². The van der Waals surface area contributed by atoms with Crippen molar-refractivity contribution in [3.63, 3.8) is 0 Å². The topological polar surface area (TPSA) is 71.1 Å². The number of urea groups is 1. The van der Waals surface area contributed by atoms with Crippen molar-refractivity contribution in [1.82, 2.24) is 15.6 Å². The molecule has 0 aliphatic rings. The van der Waals surface area contributed by atoms with Crippen LogP contribution in [0.3, 0.4) is 0 Å². The van der Waals surface area contributed by atoms with Crippen molar-refractivity contribution in [2.24, 2.45) is 0 Å². The summed E-state index contributed by atoms with van der Waals surface area (Å²) in [6.07, 6.45) is -3.03. The molecule has 0 fully saturated rings. The normalized spacial score (nSPS) is 11.0. The molecule has 2 aromatic rings. The van der Waals surface area contributed by atoms with Gasteiger partial charge in [-0.25, -0.2) is 4.79 Å². The molecule has 1 aromatic heterocycles. The van der Waals surface area contributed by atoms with Crippen LogP contribution in [0.1, 0.15) is 21.6 Å². The van der Waals surface area contributed by atoms with Crippen LogP contribution < -0.4 is 10.6 Å². The number of hydrogen-bond donors (Lipinski definition) is 2. The maximum absolute atomic E-state index is 12.5. The largest absolute Gasteiger partial charge is 0.416 e. The van der Waals surface area contributed by atoms with Gasteiger partial charge in [-0.05, 0) is 30.3 Å². The average Bonchev–Trinajstić information content (AvgIpc) is 2.53. The summed E-state index contributed by atoms with van der Waals surface area (Å²) in [5, 5.41) is 3.98. The molecule has 3 amide bonds. The zero-order valence-electron chi connectivity index (χ0n) is 12.0. The van der Waals surface area contributed by atoms with Crippen LogP contribution >= 0.6 is 11.6 Å². The van der Waals surface area contributed by atoms with Crippen molar-refractivity contribution < 1.29 is 22.8 Å². The van der Waals surface area contributed by atoms with Gasteiger partial charge in [0.15, 0.2) is 0 Å². The van der Waals surface area contributed by atoms with Crippen LogP contribution in [0.15, 0.2) is 42.6 Å². The highest BCUT2D eigenvalue weighted by Gasteiger charge is 2.31. The summed E-state index contributed by atoms with van der Waals surface area (Å²) in [6, 6.07) is 6.55. The zero-order valence-corrected chi connectivity index (χ0v) is 12.8. The molecule has 1 heterocycles. The molecule has 0 unspecified atom stereocenters. The van der Waals surface area contributed by atoms with Crippen molar-refractivity contribution in [2.45, 2.75) is 12.7 Å². The number of imide groups is 1. The van der Waals surface area contributed by atoms with Gasteiger partial charge in [-0.3, -0.25) is 15.1 Å². The molecule has 5 nitrogen and oxygen atoms in total. The highest BCUT2D eigenvalue weighted by molar-refractivity contribution is 6.34. The maximum Gasteiger partial charge on any atom is 0.416 e. The first-order valence-electron chi connectivity index (χ1n) is 6.63. The molecule has 0 aliphatic heterocycles. The predicted octanol–water partition coefficient (Wildman–Crippen LogP) is 3.39. The molecule has 0 saturated carbocycles. The Morgan fingerprint density at radius 2 is 1.92 bits per heavy atom. The molecule has 0 radical (unpaired) electrons. The first-order chi connectivity index (χ1) is 11.3. The summed E-state index contributed by atoms with van der Waals surface area (Å²) in [5.41, 5.74) is -0.644. The predicted molar refractivity (Wildman–Crippen MR) is 80.4 cm³/mol. The number of carbonyl (C=O) groups excluding carboxylic acids is 2. The summed E-state index contributed by atoms with van der Waals surface area (Å²) in [6.45, 7) is 0.0840. The number of benzene rings is 1. The number of amides is 3. The van der Waals surface area contributed by atoms with Gasteiger partial charge >= 0.3 is 12.2 Å². The molecule has 0 saturated heterocycles. The van der Waals surface area contributed by atoms with Gasteiger partial charge in [0.1, 0.15) is 0 Å². The molecule has 2 N–H and O–H groups in total. The summed E-state index contributed by atoms with van der Waals surface area (Å²) in [7, 11) is 0. The van der Waals surface area contributed by atoms with Crippen molar-refractivity contribution in [2.75, 3.05) is 0 Å². The molecule has 0 spiro atoms. The van der Waals surface area contributed by atoms with Gasteiger partial charge in [-0.2, -0.15) is 13.2 Å². The first kappa shape index (κ1) is 17.7. The van der Waals surface area contributed by atoms with Gasteiger partial charge in [0.05, 0.1) is 28.4 Å². The Balaban J connectivity index is 1.98. The number of rotatable bonds is 3. The Hall–Kier alpha value is -2.61. The van der Waals surface area contributed by atoms with E-state index in [2.05, 4.69) is 10.3 Å². The van der Waals surface area contributed by atoms with Crippen LogP contribution in [-0.2, 0) is 12.7 Å². The molecule has 0 aliphatic carbocycles. The van der Waals surface area contributed by atoms with Gasteiger partial charge in [0, 0.05) is 6.20 Å². The highest BCUT2D eigenvalue weighted by atomic mass is 35.5. The van der Waals surface area contributed by atoms with E-state index >= 15 is 0 Å². The Bertz CT molecular complexity index is 751. The zero-order chi connectivity index (χ0) is 17.7. The molecular weight excluding hydrogens is 347 g/mol. The van der Waals surface area contributed by atoms with Gasteiger partial charge in [-0.1, -0.05) is 17.7 Å². The number of halogens is 4. The molecule has 0 bridgehead atoms. The summed E-state index contributed by atoms with van der Waals surface area (Å²) >= 11 is 5.68. The van der Waals surface area contributed by atoms with Crippen LogP contribution in [0.25, 0.3) is 0 Å².